The normalized spacial score (nSPS) is 11.0. The predicted molar refractivity (Wildman–Crippen MR) is 52.2 cm³/mol. The minimum Gasteiger partial charge on any atom is -0.380 e. The van der Waals surface area contributed by atoms with Gasteiger partial charge in [0.05, 0.1) is 6.61 Å². The zero-order valence-electron chi connectivity index (χ0n) is 8.31. The summed E-state index contributed by atoms with van der Waals surface area (Å²) in [7, 11) is 0. The summed E-state index contributed by atoms with van der Waals surface area (Å²) in [6, 6.07) is 0. The van der Waals surface area contributed by atoms with E-state index in [2.05, 4.69) is 19.2 Å². The van der Waals surface area contributed by atoms with Crippen molar-refractivity contribution in [1.29, 1.82) is 0 Å². The second-order valence-electron chi connectivity index (χ2n) is 3.33. The summed E-state index contributed by atoms with van der Waals surface area (Å²) < 4.78 is 5.39. The lowest BCUT2D eigenvalue weighted by atomic mass is 10.1. The highest BCUT2D eigenvalue weighted by Crippen LogP contribution is 1.97. The molecule has 0 aliphatic rings. The molecule has 3 heteroatoms. The molecule has 74 valence electrons. The van der Waals surface area contributed by atoms with E-state index < -0.39 is 0 Å². The van der Waals surface area contributed by atoms with Crippen molar-refractivity contribution in [2.45, 2.75) is 20.3 Å². The van der Waals surface area contributed by atoms with Gasteiger partial charge < -0.3 is 15.8 Å². The Kier molecular flexibility index (Phi) is 8.88. The first-order valence-corrected chi connectivity index (χ1v) is 4.76. The topological polar surface area (TPSA) is 47.3 Å². The van der Waals surface area contributed by atoms with Crippen LogP contribution in [-0.2, 0) is 4.74 Å². The van der Waals surface area contributed by atoms with Gasteiger partial charge in [-0.15, -0.1) is 0 Å². The van der Waals surface area contributed by atoms with Gasteiger partial charge in [0, 0.05) is 26.2 Å². The summed E-state index contributed by atoms with van der Waals surface area (Å²) in [6.07, 6.45) is 1.15. The van der Waals surface area contributed by atoms with E-state index in [1.54, 1.807) is 0 Å². The minimum atomic E-state index is 0.700. The van der Waals surface area contributed by atoms with Gasteiger partial charge in [0.1, 0.15) is 0 Å². The van der Waals surface area contributed by atoms with E-state index in [0.717, 1.165) is 38.6 Å². The molecule has 0 radical (unpaired) electrons. The Labute approximate surface area is 75.7 Å². The summed E-state index contributed by atoms with van der Waals surface area (Å²) in [5.74, 6) is 0.738. The van der Waals surface area contributed by atoms with E-state index in [4.69, 9.17) is 10.5 Å². The number of nitrogens with two attached hydrogens (primary N) is 1. The molecular formula is C9H22N2O. The van der Waals surface area contributed by atoms with E-state index in [1.165, 1.54) is 0 Å². The van der Waals surface area contributed by atoms with Crippen LogP contribution in [0.15, 0.2) is 0 Å². The summed E-state index contributed by atoms with van der Waals surface area (Å²) >= 11 is 0. The molecule has 0 aliphatic carbocycles. The lowest BCUT2D eigenvalue weighted by molar-refractivity contribution is 0.125. The fraction of sp³-hybridized carbons (Fsp3) is 1.00. The molecule has 0 saturated heterocycles. The lowest BCUT2D eigenvalue weighted by Crippen LogP contribution is -2.26. The number of hydrogen-bond donors (Lipinski definition) is 2. The molecule has 0 heterocycles. The van der Waals surface area contributed by atoms with Crippen molar-refractivity contribution >= 4 is 0 Å². The Morgan fingerprint density at radius 1 is 1.25 bits per heavy atom. The average Bonchev–Trinajstić information content (AvgIpc) is 2.02. The molecule has 0 amide bonds. The van der Waals surface area contributed by atoms with E-state index >= 15 is 0 Å². The second-order valence-corrected chi connectivity index (χ2v) is 3.33. The van der Waals surface area contributed by atoms with E-state index in [-0.39, 0.29) is 0 Å². The van der Waals surface area contributed by atoms with Crippen LogP contribution in [0, 0.1) is 5.92 Å². The smallest absolute Gasteiger partial charge is 0.0590 e. The largest absolute Gasteiger partial charge is 0.380 e. The molecule has 0 rings (SSSR count). The van der Waals surface area contributed by atoms with Gasteiger partial charge in [-0.1, -0.05) is 13.8 Å². The van der Waals surface area contributed by atoms with Crippen LogP contribution in [-0.4, -0.2) is 32.8 Å². The van der Waals surface area contributed by atoms with Crippen LogP contribution in [0.25, 0.3) is 0 Å². The molecule has 0 aromatic rings. The van der Waals surface area contributed by atoms with Gasteiger partial charge in [-0.3, -0.25) is 0 Å². The standard InChI is InChI=1S/C9H22N2O/c1-9(2)3-7-12-8-6-11-5-4-10/h9,11H,3-8,10H2,1-2H3. The Hall–Kier alpha value is -0.120. The molecule has 3 nitrogen and oxygen atoms in total. The monoisotopic (exact) mass is 174 g/mol. The van der Waals surface area contributed by atoms with Crippen LogP contribution in [0.1, 0.15) is 20.3 Å². The number of ether oxygens (including phenoxy) is 1. The molecule has 0 bridgehead atoms. The third-order valence-electron chi connectivity index (χ3n) is 1.58. The maximum atomic E-state index is 5.39. The Bertz CT molecular complexity index is 86.6. The third kappa shape index (κ3) is 9.88. The molecule has 12 heavy (non-hydrogen) atoms. The summed E-state index contributed by atoms with van der Waals surface area (Å²) in [6.45, 7) is 8.58. The van der Waals surface area contributed by atoms with Crippen molar-refractivity contribution in [1.82, 2.24) is 5.32 Å². The number of nitrogens with one attached hydrogen (secondary N) is 1. The molecule has 0 aliphatic heterocycles. The van der Waals surface area contributed by atoms with Crippen LogP contribution in [0.2, 0.25) is 0 Å². The first-order chi connectivity index (χ1) is 5.77. The molecule has 3 N–H and O–H groups in total. The fourth-order valence-electron chi connectivity index (χ4n) is 0.792. The van der Waals surface area contributed by atoms with Crippen molar-refractivity contribution in [3.05, 3.63) is 0 Å². The molecule has 0 fully saturated rings. The van der Waals surface area contributed by atoms with E-state index in [1.807, 2.05) is 0 Å². The molecule has 0 saturated carbocycles. The highest BCUT2D eigenvalue weighted by molar-refractivity contribution is 4.47. The maximum absolute atomic E-state index is 5.39. The third-order valence-corrected chi connectivity index (χ3v) is 1.58. The molecule has 0 atom stereocenters. The van der Waals surface area contributed by atoms with Crippen LogP contribution < -0.4 is 11.1 Å². The van der Waals surface area contributed by atoms with Crippen LogP contribution in [0.5, 0.6) is 0 Å². The van der Waals surface area contributed by atoms with Gasteiger partial charge in [-0.2, -0.15) is 0 Å². The lowest BCUT2D eigenvalue weighted by Gasteiger charge is -2.06. The zero-order valence-corrected chi connectivity index (χ0v) is 8.31. The maximum Gasteiger partial charge on any atom is 0.0590 e. The van der Waals surface area contributed by atoms with Gasteiger partial charge in [0.25, 0.3) is 0 Å². The van der Waals surface area contributed by atoms with Crippen molar-refractivity contribution in [3.8, 4) is 0 Å². The highest BCUT2D eigenvalue weighted by atomic mass is 16.5. The first kappa shape index (κ1) is 11.9. The molecule has 0 spiro atoms. The van der Waals surface area contributed by atoms with Gasteiger partial charge in [0.2, 0.25) is 0 Å². The second kappa shape index (κ2) is 8.97. The summed E-state index contributed by atoms with van der Waals surface area (Å²) in [4.78, 5) is 0. The SMILES string of the molecule is CC(C)CCOCCNCCN. The Morgan fingerprint density at radius 3 is 2.58 bits per heavy atom. The van der Waals surface area contributed by atoms with Gasteiger partial charge in [0.15, 0.2) is 0 Å². The van der Waals surface area contributed by atoms with Crippen molar-refractivity contribution in [3.63, 3.8) is 0 Å². The fourth-order valence-corrected chi connectivity index (χ4v) is 0.792. The predicted octanol–water partition coefficient (Wildman–Crippen LogP) is 0.597. The number of rotatable bonds is 8. The van der Waals surface area contributed by atoms with Gasteiger partial charge in [-0.05, 0) is 12.3 Å². The summed E-state index contributed by atoms with van der Waals surface area (Å²) in [5.41, 5.74) is 5.31. The van der Waals surface area contributed by atoms with Crippen molar-refractivity contribution < 1.29 is 4.74 Å². The molecule has 0 aromatic carbocycles. The highest BCUT2D eigenvalue weighted by Gasteiger charge is 1.93. The van der Waals surface area contributed by atoms with Crippen molar-refractivity contribution in [2.24, 2.45) is 11.7 Å². The van der Waals surface area contributed by atoms with Crippen LogP contribution in [0.3, 0.4) is 0 Å². The van der Waals surface area contributed by atoms with Crippen molar-refractivity contribution in [2.75, 3.05) is 32.8 Å². The Balaban J connectivity index is 2.82. The number of hydrogen-bond acceptors (Lipinski definition) is 3. The Morgan fingerprint density at radius 2 is 2.00 bits per heavy atom. The first-order valence-electron chi connectivity index (χ1n) is 4.76. The quantitative estimate of drug-likeness (QED) is 0.530. The van der Waals surface area contributed by atoms with E-state index in [9.17, 15) is 0 Å². The van der Waals surface area contributed by atoms with Crippen LogP contribution >= 0.6 is 0 Å². The zero-order chi connectivity index (χ0) is 9.23. The van der Waals surface area contributed by atoms with Gasteiger partial charge >= 0.3 is 0 Å². The van der Waals surface area contributed by atoms with Gasteiger partial charge in [-0.25, -0.2) is 0 Å². The molecule has 0 aromatic heterocycles. The van der Waals surface area contributed by atoms with Crippen LogP contribution in [0.4, 0.5) is 0 Å². The van der Waals surface area contributed by atoms with E-state index in [0.29, 0.717) is 6.54 Å². The average molecular weight is 174 g/mol. The molecular weight excluding hydrogens is 152 g/mol. The summed E-state index contributed by atoms with van der Waals surface area (Å²) in [5, 5.41) is 3.17. The minimum absolute atomic E-state index is 0.700. The molecule has 0 unspecified atom stereocenters.